The summed E-state index contributed by atoms with van der Waals surface area (Å²) in [5, 5.41) is 0. The molecule has 0 atom stereocenters. The van der Waals surface area contributed by atoms with E-state index >= 15 is 0 Å². The van der Waals surface area contributed by atoms with E-state index in [9.17, 15) is 9.59 Å². The largest absolute Gasteiger partial charge is 0.462 e. The van der Waals surface area contributed by atoms with Gasteiger partial charge in [-0.2, -0.15) is 0 Å². The first-order chi connectivity index (χ1) is 28.5. The fraction of sp³-hybridized carbons (Fsp3) is 0.500. The lowest BCUT2D eigenvalue weighted by atomic mass is 10.1. The van der Waals surface area contributed by atoms with E-state index in [1.807, 2.05) is 36.7 Å². The minimum Gasteiger partial charge on any atom is -0.462 e. The number of aliphatic imine (C=N–C) groups is 2. The third-order valence-electron chi connectivity index (χ3n) is 9.47. The summed E-state index contributed by atoms with van der Waals surface area (Å²) in [5.74, 6) is -0.634. The normalized spacial score (nSPS) is 11.6. The van der Waals surface area contributed by atoms with Gasteiger partial charge < -0.3 is 18.9 Å². The molecule has 0 amide bonds. The Hall–Kier alpha value is -3.96. The molecule has 0 bridgehead atoms. The average Bonchev–Trinajstić information content (AvgIpc) is 3.92. The summed E-state index contributed by atoms with van der Waals surface area (Å²) in [4.78, 5) is 39.1. The molecule has 2 aromatic carbocycles. The van der Waals surface area contributed by atoms with Crippen LogP contribution in [-0.2, 0) is 31.8 Å². The number of thiophene rings is 2. The van der Waals surface area contributed by atoms with Crippen LogP contribution in [0.5, 0.6) is 0 Å². The highest BCUT2D eigenvalue weighted by Gasteiger charge is 2.08. The van der Waals surface area contributed by atoms with Crippen LogP contribution in [0.3, 0.4) is 0 Å². The summed E-state index contributed by atoms with van der Waals surface area (Å²) in [6.07, 6.45) is 21.3. The lowest BCUT2D eigenvalue weighted by molar-refractivity contribution is 0.0465. The van der Waals surface area contributed by atoms with E-state index in [1.165, 1.54) is 61.1 Å². The summed E-state index contributed by atoms with van der Waals surface area (Å²) in [6.45, 7) is 7.86. The summed E-state index contributed by atoms with van der Waals surface area (Å²) < 4.78 is 22.4. The Bertz CT molecular complexity index is 1630. The van der Waals surface area contributed by atoms with E-state index in [4.69, 9.17) is 18.9 Å². The van der Waals surface area contributed by atoms with Gasteiger partial charge in [-0.1, -0.05) is 52.4 Å². The van der Waals surface area contributed by atoms with Crippen molar-refractivity contribution in [3.8, 4) is 0 Å². The number of carbonyl (C=O) groups is 2. The smallest absolute Gasteiger partial charge is 0.338 e. The quantitative estimate of drug-likeness (QED) is 0.0285. The predicted octanol–water partition coefficient (Wildman–Crippen LogP) is 12.9. The standard InChI is InChI=1S/C48H64N2O6S2/c1-3-5-7-9-17-43-27-29-45(57-43)37-49-41-23-19-39(20-24-41)47(51)55-35-15-13-33-53-31-11-12-32-54-34-14-16-36-56-48(52)40-21-25-42(26-22-40)50-38-46-30-28-44(58-46)18-10-8-6-4-2/h19-30,37-38H,3-18,31-36H2,1-2H3. The van der Waals surface area contributed by atoms with E-state index in [1.54, 1.807) is 46.9 Å². The van der Waals surface area contributed by atoms with Crippen LogP contribution < -0.4 is 0 Å². The van der Waals surface area contributed by atoms with E-state index < -0.39 is 0 Å². The van der Waals surface area contributed by atoms with E-state index in [0.29, 0.717) is 50.8 Å². The number of hydrogen-bond acceptors (Lipinski definition) is 10. The Morgan fingerprint density at radius 2 is 0.845 bits per heavy atom. The lowest BCUT2D eigenvalue weighted by Gasteiger charge is -2.07. The van der Waals surface area contributed by atoms with Crippen LogP contribution in [0.15, 0.2) is 82.8 Å². The highest BCUT2D eigenvalue weighted by molar-refractivity contribution is 7.14. The Kier molecular flexibility index (Phi) is 23.6. The number of benzene rings is 2. The van der Waals surface area contributed by atoms with Gasteiger partial charge in [0.2, 0.25) is 0 Å². The number of hydrogen-bond donors (Lipinski definition) is 0. The van der Waals surface area contributed by atoms with Crippen LogP contribution >= 0.6 is 22.7 Å². The average molecular weight is 829 g/mol. The Balaban J connectivity index is 0.923. The molecule has 0 spiro atoms. The third-order valence-corrected chi connectivity index (χ3v) is 11.6. The van der Waals surface area contributed by atoms with Crippen LogP contribution in [0.4, 0.5) is 11.4 Å². The molecule has 58 heavy (non-hydrogen) atoms. The molecular formula is C48H64N2O6S2. The molecule has 0 saturated carbocycles. The number of ether oxygens (including phenoxy) is 4. The molecule has 0 unspecified atom stereocenters. The van der Waals surface area contributed by atoms with Crippen molar-refractivity contribution in [2.45, 2.75) is 117 Å². The van der Waals surface area contributed by atoms with E-state index in [-0.39, 0.29) is 11.9 Å². The topological polar surface area (TPSA) is 95.8 Å². The zero-order chi connectivity index (χ0) is 40.9. The van der Waals surface area contributed by atoms with Gasteiger partial charge in [0.15, 0.2) is 0 Å². The molecule has 4 aromatic rings. The zero-order valence-electron chi connectivity index (χ0n) is 34.8. The number of unbranched alkanes of at least 4 members (excludes halogenated alkanes) is 9. The molecule has 0 fully saturated rings. The van der Waals surface area contributed by atoms with Gasteiger partial charge in [0.1, 0.15) is 0 Å². The molecule has 4 rings (SSSR count). The minimum atomic E-state index is -0.317. The summed E-state index contributed by atoms with van der Waals surface area (Å²) in [7, 11) is 0. The maximum absolute atomic E-state index is 12.4. The summed E-state index contributed by atoms with van der Waals surface area (Å²) in [5.41, 5.74) is 2.68. The second kappa shape index (κ2) is 29.3. The molecule has 2 aromatic heterocycles. The van der Waals surface area contributed by atoms with Gasteiger partial charge in [-0.05, 0) is 137 Å². The molecule has 0 N–H and O–H groups in total. The Labute approximate surface area is 355 Å². The monoisotopic (exact) mass is 828 g/mol. The van der Waals surface area contributed by atoms with Crippen LogP contribution in [0, 0.1) is 0 Å². The first kappa shape index (κ1) is 46.7. The third kappa shape index (κ3) is 19.7. The second-order valence-electron chi connectivity index (χ2n) is 14.5. The number of esters is 2. The van der Waals surface area contributed by atoms with Gasteiger partial charge in [0, 0.05) is 58.4 Å². The van der Waals surface area contributed by atoms with Crippen molar-refractivity contribution in [3.63, 3.8) is 0 Å². The van der Waals surface area contributed by atoms with E-state index in [2.05, 4.69) is 48.1 Å². The first-order valence-corrected chi connectivity index (χ1v) is 23.1. The number of rotatable bonds is 31. The van der Waals surface area contributed by atoms with Gasteiger partial charge in [0.05, 0.1) is 35.7 Å². The maximum atomic E-state index is 12.4. The number of aryl methyl sites for hydroxylation is 2. The van der Waals surface area contributed by atoms with Crippen molar-refractivity contribution in [2.24, 2.45) is 9.98 Å². The molecule has 8 nitrogen and oxygen atoms in total. The van der Waals surface area contributed by atoms with Crippen molar-refractivity contribution < 1.29 is 28.5 Å². The van der Waals surface area contributed by atoms with Crippen LogP contribution in [0.25, 0.3) is 0 Å². The predicted molar refractivity (Wildman–Crippen MR) is 242 cm³/mol. The van der Waals surface area contributed by atoms with E-state index in [0.717, 1.165) is 72.5 Å². The highest BCUT2D eigenvalue weighted by atomic mass is 32.1. The van der Waals surface area contributed by atoms with Crippen molar-refractivity contribution in [2.75, 3.05) is 39.6 Å². The molecule has 0 radical (unpaired) electrons. The molecule has 0 aliphatic rings. The fourth-order valence-electron chi connectivity index (χ4n) is 6.01. The lowest BCUT2D eigenvalue weighted by Crippen LogP contribution is -2.08. The first-order valence-electron chi connectivity index (χ1n) is 21.5. The molecule has 314 valence electrons. The number of carbonyl (C=O) groups excluding carboxylic acids is 2. The summed E-state index contributed by atoms with van der Waals surface area (Å²) >= 11 is 3.59. The molecule has 0 saturated heterocycles. The Morgan fingerprint density at radius 3 is 1.22 bits per heavy atom. The molecular weight excluding hydrogens is 765 g/mol. The summed E-state index contributed by atoms with van der Waals surface area (Å²) in [6, 6.07) is 23.1. The van der Waals surface area contributed by atoms with Gasteiger partial charge in [0.25, 0.3) is 0 Å². The van der Waals surface area contributed by atoms with Crippen molar-refractivity contribution in [1.82, 2.24) is 0 Å². The second-order valence-corrected chi connectivity index (χ2v) is 16.9. The van der Waals surface area contributed by atoms with Crippen LogP contribution in [-0.4, -0.2) is 64.0 Å². The molecule has 0 aliphatic heterocycles. The fourth-order valence-corrected chi connectivity index (χ4v) is 7.87. The van der Waals surface area contributed by atoms with Gasteiger partial charge in [-0.25, -0.2) is 9.59 Å². The number of nitrogens with zero attached hydrogens (tertiary/aromatic N) is 2. The molecule has 10 heteroatoms. The SMILES string of the molecule is CCCCCCc1ccc(C=Nc2ccc(C(=O)OCCCCOCCCCOCCCCOC(=O)c3ccc(N=Cc4ccc(CCCCCC)s4)cc3)cc2)s1. The minimum absolute atomic E-state index is 0.317. The van der Waals surface area contributed by atoms with Crippen molar-refractivity contribution in [1.29, 1.82) is 0 Å². The Morgan fingerprint density at radius 1 is 0.466 bits per heavy atom. The van der Waals surface area contributed by atoms with Crippen molar-refractivity contribution in [3.05, 3.63) is 103 Å². The molecule has 0 aliphatic carbocycles. The zero-order valence-corrected chi connectivity index (χ0v) is 36.4. The van der Waals surface area contributed by atoms with Crippen LogP contribution in [0.2, 0.25) is 0 Å². The maximum Gasteiger partial charge on any atom is 0.338 e. The van der Waals surface area contributed by atoms with Gasteiger partial charge in [-0.3, -0.25) is 9.98 Å². The van der Waals surface area contributed by atoms with Gasteiger partial charge >= 0.3 is 11.9 Å². The van der Waals surface area contributed by atoms with Crippen molar-refractivity contribution >= 4 is 58.4 Å². The van der Waals surface area contributed by atoms with Crippen LogP contribution in [0.1, 0.15) is 144 Å². The van der Waals surface area contributed by atoms with Gasteiger partial charge in [-0.15, -0.1) is 22.7 Å². The highest BCUT2D eigenvalue weighted by Crippen LogP contribution is 2.22. The molecule has 2 heterocycles.